The second-order valence-electron chi connectivity index (χ2n) is 5.25. The summed E-state index contributed by atoms with van der Waals surface area (Å²) in [7, 11) is 0. The van der Waals surface area contributed by atoms with Gasteiger partial charge in [-0.1, -0.05) is 19.9 Å². The summed E-state index contributed by atoms with van der Waals surface area (Å²) in [6.45, 7) is 6.84. The number of benzene rings is 1. The number of aromatic nitrogens is 2. The average molecular weight is 295 g/mol. The van der Waals surface area contributed by atoms with Crippen molar-refractivity contribution in [3.63, 3.8) is 0 Å². The highest BCUT2D eigenvalue weighted by Gasteiger charge is 2.31. The van der Waals surface area contributed by atoms with Crippen LogP contribution in [-0.2, 0) is 6.54 Å². The Balaban J connectivity index is 2.02. The van der Waals surface area contributed by atoms with Crippen LogP contribution in [-0.4, -0.2) is 39.5 Å². The lowest BCUT2D eigenvalue weighted by atomic mass is 9.88. The van der Waals surface area contributed by atoms with E-state index in [4.69, 9.17) is 0 Å². The molecule has 0 saturated carbocycles. The number of carbonyl (C=O) groups excluding carboxylic acids is 2. The van der Waals surface area contributed by atoms with Gasteiger partial charge in [0.2, 0.25) is 11.6 Å². The molecule has 0 fully saturated rings. The zero-order valence-corrected chi connectivity index (χ0v) is 12.7. The summed E-state index contributed by atoms with van der Waals surface area (Å²) in [5, 5.41) is 0. The quantitative estimate of drug-likeness (QED) is 0.737. The summed E-state index contributed by atoms with van der Waals surface area (Å²) in [5.41, 5.74) is 2.18. The zero-order valence-electron chi connectivity index (χ0n) is 12.7. The standard InChI is InChI=1S/C17H17N3O2/c1-3-20(4-2)10-11-5-6-12-13(9-11)17(22)15-14(16(12)21)18-7-8-19-15/h5-9H,3-4,10H2,1-2H3. The monoisotopic (exact) mass is 295 g/mol. The molecule has 0 unspecified atom stereocenters. The van der Waals surface area contributed by atoms with Crippen molar-refractivity contribution in [1.82, 2.24) is 14.9 Å². The average Bonchev–Trinajstić information content (AvgIpc) is 2.57. The summed E-state index contributed by atoms with van der Waals surface area (Å²) in [4.78, 5) is 35.3. The molecule has 1 heterocycles. The van der Waals surface area contributed by atoms with Gasteiger partial charge in [0.15, 0.2) is 0 Å². The lowest BCUT2D eigenvalue weighted by Gasteiger charge is -2.20. The Kier molecular flexibility index (Phi) is 3.81. The van der Waals surface area contributed by atoms with Crippen LogP contribution in [0.15, 0.2) is 30.6 Å². The number of nitrogens with zero attached hydrogens (tertiary/aromatic N) is 3. The lowest BCUT2D eigenvalue weighted by Crippen LogP contribution is -2.25. The normalized spacial score (nSPS) is 13.2. The predicted molar refractivity (Wildman–Crippen MR) is 82.0 cm³/mol. The number of fused-ring (bicyclic) bond motifs is 2. The third-order valence-corrected chi connectivity index (χ3v) is 4.00. The van der Waals surface area contributed by atoms with E-state index in [0.717, 1.165) is 25.2 Å². The van der Waals surface area contributed by atoms with E-state index in [0.29, 0.717) is 11.1 Å². The predicted octanol–water partition coefficient (Wildman–Crippen LogP) is 2.09. The lowest BCUT2D eigenvalue weighted by molar-refractivity contribution is 0.0971. The molecule has 5 heteroatoms. The fourth-order valence-electron chi connectivity index (χ4n) is 2.71. The highest BCUT2D eigenvalue weighted by molar-refractivity contribution is 6.26. The van der Waals surface area contributed by atoms with E-state index in [1.807, 2.05) is 12.1 Å². The Bertz CT molecular complexity index is 751. The first-order valence-corrected chi connectivity index (χ1v) is 7.41. The number of hydrogen-bond donors (Lipinski definition) is 0. The molecule has 112 valence electrons. The van der Waals surface area contributed by atoms with Crippen LogP contribution in [0, 0.1) is 0 Å². The van der Waals surface area contributed by atoms with E-state index < -0.39 is 0 Å². The summed E-state index contributed by atoms with van der Waals surface area (Å²) >= 11 is 0. The van der Waals surface area contributed by atoms with Crippen LogP contribution in [0.5, 0.6) is 0 Å². The first-order valence-electron chi connectivity index (χ1n) is 7.41. The Labute approximate surface area is 129 Å². The Morgan fingerprint density at radius 1 is 0.909 bits per heavy atom. The van der Waals surface area contributed by atoms with Gasteiger partial charge in [-0.3, -0.25) is 14.5 Å². The van der Waals surface area contributed by atoms with Gasteiger partial charge in [-0.05, 0) is 30.8 Å². The van der Waals surface area contributed by atoms with Crippen LogP contribution in [0.2, 0.25) is 0 Å². The first-order chi connectivity index (χ1) is 10.7. The van der Waals surface area contributed by atoms with Crippen molar-refractivity contribution in [2.24, 2.45) is 0 Å². The minimum atomic E-state index is -0.230. The second-order valence-corrected chi connectivity index (χ2v) is 5.25. The number of hydrogen-bond acceptors (Lipinski definition) is 5. The van der Waals surface area contributed by atoms with E-state index in [1.54, 1.807) is 6.07 Å². The summed E-state index contributed by atoms with van der Waals surface area (Å²) in [6, 6.07) is 5.45. The summed E-state index contributed by atoms with van der Waals surface area (Å²) < 4.78 is 0. The third-order valence-electron chi connectivity index (χ3n) is 4.00. The number of rotatable bonds is 4. The Morgan fingerprint density at radius 2 is 1.50 bits per heavy atom. The molecule has 1 aliphatic rings. The topological polar surface area (TPSA) is 63.2 Å². The van der Waals surface area contributed by atoms with E-state index in [2.05, 4.69) is 28.7 Å². The van der Waals surface area contributed by atoms with Crippen LogP contribution in [0.1, 0.15) is 51.5 Å². The van der Waals surface area contributed by atoms with Crippen LogP contribution in [0.4, 0.5) is 0 Å². The molecule has 0 aliphatic heterocycles. The summed E-state index contributed by atoms with van der Waals surface area (Å²) in [5.74, 6) is -0.453. The maximum atomic E-state index is 12.6. The van der Waals surface area contributed by atoms with Gasteiger partial charge in [0, 0.05) is 30.1 Å². The number of carbonyl (C=O) groups is 2. The van der Waals surface area contributed by atoms with E-state index in [-0.39, 0.29) is 23.0 Å². The van der Waals surface area contributed by atoms with Crippen LogP contribution < -0.4 is 0 Å². The van der Waals surface area contributed by atoms with Crippen LogP contribution in [0.3, 0.4) is 0 Å². The third kappa shape index (κ3) is 2.33. The first kappa shape index (κ1) is 14.5. The zero-order chi connectivity index (χ0) is 15.7. The van der Waals surface area contributed by atoms with E-state index in [9.17, 15) is 9.59 Å². The number of ketones is 2. The van der Waals surface area contributed by atoms with Gasteiger partial charge in [-0.2, -0.15) is 0 Å². The van der Waals surface area contributed by atoms with Crippen molar-refractivity contribution in [2.75, 3.05) is 13.1 Å². The minimum Gasteiger partial charge on any atom is -0.300 e. The van der Waals surface area contributed by atoms with Gasteiger partial charge in [-0.25, -0.2) is 9.97 Å². The maximum Gasteiger partial charge on any atom is 0.214 e. The summed E-state index contributed by atoms with van der Waals surface area (Å²) in [6.07, 6.45) is 2.87. The molecule has 1 aromatic heterocycles. The van der Waals surface area contributed by atoms with Crippen LogP contribution in [0.25, 0.3) is 0 Å². The van der Waals surface area contributed by atoms with Gasteiger partial charge in [0.1, 0.15) is 11.4 Å². The van der Waals surface area contributed by atoms with Crippen molar-refractivity contribution >= 4 is 11.6 Å². The van der Waals surface area contributed by atoms with Gasteiger partial charge in [-0.15, -0.1) is 0 Å². The van der Waals surface area contributed by atoms with Gasteiger partial charge in [0.05, 0.1) is 0 Å². The molecule has 0 radical (unpaired) electrons. The van der Waals surface area contributed by atoms with E-state index >= 15 is 0 Å². The van der Waals surface area contributed by atoms with Crippen molar-refractivity contribution in [3.05, 3.63) is 58.7 Å². The smallest absolute Gasteiger partial charge is 0.214 e. The molecule has 3 rings (SSSR count). The van der Waals surface area contributed by atoms with Crippen molar-refractivity contribution in [1.29, 1.82) is 0 Å². The van der Waals surface area contributed by atoms with Gasteiger partial charge < -0.3 is 0 Å². The molecule has 1 aliphatic carbocycles. The maximum absolute atomic E-state index is 12.6. The van der Waals surface area contributed by atoms with Gasteiger partial charge >= 0.3 is 0 Å². The molecule has 0 saturated heterocycles. The molecule has 5 nitrogen and oxygen atoms in total. The minimum absolute atomic E-state index is 0.150. The molecule has 0 atom stereocenters. The molecule has 0 amide bonds. The van der Waals surface area contributed by atoms with Crippen molar-refractivity contribution < 1.29 is 9.59 Å². The molecular weight excluding hydrogens is 278 g/mol. The molecular formula is C17H17N3O2. The fraction of sp³-hybridized carbons (Fsp3) is 0.294. The molecule has 22 heavy (non-hydrogen) atoms. The van der Waals surface area contributed by atoms with E-state index in [1.165, 1.54) is 12.4 Å². The molecule has 0 bridgehead atoms. The molecule has 1 aromatic carbocycles. The van der Waals surface area contributed by atoms with Crippen molar-refractivity contribution in [3.8, 4) is 0 Å². The SMILES string of the molecule is CCN(CC)Cc1ccc2c(c1)C(=O)c1nccnc1C2=O. The second kappa shape index (κ2) is 5.77. The Hall–Kier alpha value is -2.40. The molecule has 0 spiro atoms. The highest BCUT2D eigenvalue weighted by Crippen LogP contribution is 2.25. The van der Waals surface area contributed by atoms with Crippen LogP contribution >= 0.6 is 0 Å². The molecule has 0 N–H and O–H groups in total. The fourth-order valence-corrected chi connectivity index (χ4v) is 2.71. The Morgan fingerprint density at radius 3 is 2.09 bits per heavy atom. The van der Waals surface area contributed by atoms with Crippen molar-refractivity contribution in [2.45, 2.75) is 20.4 Å². The largest absolute Gasteiger partial charge is 0.300 e. The van der Waals surface area contributed by atoms with Gasteiger partial charge in [0.25, 0.3) is 0 Å². The molecule has 2 aromatic rings. The highest BCUT2D eigenvalue weighted by atomic mass is 16.1.